The molecule has 0 aliphatic carbocycles. The minimum absolute atomic E-state index is 0.0408. The molecule has 0 spiro atoms. The van der Waals surface area contributed by atoms with Gasteiger partial charge in [-0.15, -0.1) is 0 Å². The van der Waals surface area contributed by atoms with Gasteiger partial charge in [-0.3, -0.25) is 14.9 Å². The van der Waals surface area contributed by atoms with Crippen LogP contribution in [0.25, 0.3) is 0 Å². The molecular formula is C10H11ClN2O6S. The number of non-ortho nitro benzene ring substituents is 1. The van der Waals surface area contributed by atoms with Crippen molar-refractivity contribution in [2.45, 2.75) is 24.3 Å². The largest absolute Gasteiger partial charge is 0.480 e. The van der Waals surface area contributed by atoms with E-state index in [-0.39, 0.29) is 17.1 Å². The summed E-state index contributed by atoms with van der Waals surface area (Å²) in [6, 6.07) is 1.52. The van der Waals surface area contributed by atoms with Crippen molar-refractivity contribution in [3.63, 3.8) is 0 Å². The topological polar surface area (TPSA) is 127 Å². The first kappa shape index (κ1) is 16.3. The first-order valence-corrected chi connectivity index (χ1v) is 7.24. The number of benzene rings is 1. The van der Waals surface area contributed by atoms with Crippen LogP contribution in [0.1, 0.15) is 13.3 Å². The summed E-state index contributed by atoms with van der Waals surface area (Å²) in [7, 11) is -4.18. The zero-order valence-corrected chi connectivity index (χ0v) is 11.8. The van der Waals surface area contributed by atoms with Crippen LogP contribution in [-0.4, -0.2) is 30.5 Å². The predicted octanol–water partition coefficient (Wildman–Crippen LogP) is 1.39. The Morgan fingerprint density at radius 2 is 2.15 bits per heavy atom. The van der Waals surface area contributed by atoms with Gasteiger partial charge in [0.25, 0.3) is 5.69 Å². The molecule has 0 aliphatic heterocycles. The number of carboxylic acids is 1. The number of carboxylic acid groups (broad SMARTS) is 1. The fourth-order valence-corrected chi connectivity index (χ4v) is 3.19. The molecule has 0 radical (unpaired) electrons. The van der Waals surface area contributed by atoms with Crippen molar-refractivity contribution < 1.29 is 23.2 Å². The molecule has 20 heavy (non-hydrogen) atoms. The number of nitrogens with one attached hydrogen (secondary N) is 1. The number of rotatable bonds is 6. The van der Waals surface area contributed by atoms with Gasteiger partial charge in [0.2, 0.25) is 10.0 Å². The van der Waals surface area contributed by atoms with Crippen molar-refractivity contribution in [1.29, 1.82) is 0 Å². The van der Waals surface area contributed by atoms with Gasteiger partial charge in [0.15, 0.2) is 0 Å². The maximum Gasteiger partial charge on any atom is 0.321 e. The Morgan fingerprint density at radius 3 is 2.55 bits per heavy atom. The zero-order chi connectivity index (χ0) is 15.5. The Morgan fingerprint density at radius 1 is 1.55 bits per heavy atom. The van der Waals surface area contributed by atoms with Crippen molar-refractivity contribution in [2.75, 3.05) is 0 Å². The molecule has 0 heterocycles. The Kier molecular flexibility index (Phi) is 5.03. The number of hydrogen-bond acceptors (Lipinski definition) is 5. The van der Waals surface area contributed by atoms with Gasteiger partial charge in [-0.1, -0.05) is 18.5 Å². The van der Waals surface area contributed by atoms with Crippen LogP contribution in [0.3, 0.4) is 0 Å². The van der Waals surface area contributed by atoms with E-state index in [0.29, 0.717) is 0 Å². The normalized spacial score (nSPS) is 12.9. The lowest BCUT2D eigenvalue weighted by atomic mass is 10.2. The van der Waals surface area contributed by atoms with Crippen LogP contribution >= 0.6 is 11.6 Å². The molecule has 1 aromatic rings. The number of nitro benzene ring substituents is 1. The third-order valence-corrected chi connectivity index (χ3v) is 4.37. The monoisotopic (exact) mass is 322 g/mol. The second kappa shape index (κ2) is 6.16. The molecule has 1 aromatic carbocycles. The minimum atomic E-state index is -4.18. The average molecular weight is 323 g/mol. The summed E-state index contributed by atoms with van der Waals surface area (Å²) in [6.45, 7) is 1.50. The van der Waals surface area contributed by atoms with Gasteiger partial charge in [0.1, 0.15) is 10.9 Å². The van der Waals surface area contributed by atoms with Gasteiger partial charge >= 0.3 is 5.97 Å². The number of nitro groups is 1. The first-order chi connectivity index (χ1) is 9.19. The fraction of sp³-hybridized carbons (Fsp3) is 0.300. The van der Waals surface area contributed by atoms with E-state index >= 15 is 0 Å². The fourth-order valence-electron chi connectivity index (χ4n) is 1.38. The third kappa shape index (κ3) is 3.65. The highest BCUT2D eigenvalue weighted by molar-refractivity contribution is 7.89. The standard InChI is InChI=1S/C10H11ClN2O6S/c1-2-8(10(14)15)12-20(18,19)9-4-3-6(13(16)17)5-7(9)11/h3-5,8,12H,2H2,1H3,(H,14,15). The van der Waals surface area contributed by atoms with Gasteiger partial charge in [-0.05, 0) is 12.5 Å². The van der Waals surface area contributed by atoms with Crippen LogP contribution in [0.15, 0.2) is 23.1 Å². The molecule has 1 atom stereocenters. The molecule has 0 aromatic heterocycles. The quantitative estimate of drug-likeness (QED) is 0.602. The highest BCUT2D eigenvalue weighted by Gasteiger charge is 2.26. The van der Waals surface area contributed by atoms with E-state index in [9.17, 15) is 23.3 Å². The number of halogens is 1. The van der Waals surface area contributed by atoms with E-state index in [4.69, 9.17) is 16.7 Å². The summed E-state index contributed by atoms with van der Waals surface area (Å²) in [5.41, 5.74) is -0.362. The van der Waals surface area contributed by atoms with Crippen LogP contribution in [0.2, 0.25) is 5.02 Å². The molecule has 1 unspecified atom stereocenters. The van der Waals surface area contributed by atoms with E-state index in [1.807, 2.05) is 4.72 Å². The van der Waals surface area contributed by atoms with Crippen molar-refractivity contribution in [3.8, 4) is 0 Å². The minimum Gasteiger partial charge on any atom is -0.480 e. The smallest absolute Gasteiger partial charge is 0.321 e. The molecule has 0 saturated carbocycles. The van der Waals surface area contributed by atoms with Gasteiger partial charge < -0.3 is 5.11 Å². The van der Waals surface area contributed by atoms with Crippen molar-refractivity contribution in [3.05, 3.63) is 33.3 Å². The Bertz CT molecular complexity index is 645. The van der Waals surface area contributed by atoms with E-state index in [0.717, 1.165) is 18.2 Å². The van der Waals surface area contributed by atoms with Gasteiger partial charge in [0, 0.05) is 12.1 Å². The number of aliphatic carboxylic acids is 1. The highest BCUT2D eigenvalue weighted by atomic mass is 35.5. The number of sulfonamides is 1. The lowest BCUT2D eigenvalue weighted by molar-refractivity contribution is -0.384. The molecule has 0 amide bonds. The second-order valence-corrected chi connectivity index (χ2v) is 5.88. The molecule has 0 bridgehead atoms. The Labute approximate surface area is 119 Å². The predicted molar refractivity (Wildman–Crippen MR) is 70.1 cm³/mol. The van der Waals surface area contributed by atoms with Crippen molar-refractivity contribution in [1.82, 2.24) is 4.72 Å². The third-order valence-electron chi connectivity index (χ3n) is 2.42. The summed E-state index contributed by atoms with van der Waals surface area (Å²) in [5.74, 6) is -1.32. The molecule has 2 N–H and O–H groups in total. The number of nitrogens with zero attached hydrogens (tertiary/aromatic N) is 1. The number of hydrogen-bond donors (Lipinski definition) is 2. The molecule has 0 fully saturated rings. The summed E-state index contributed by atoms with van der Waals surface area (Å²) >= 11 is 5.69. The van der Waals surface area contributed by atoms with E-state index in [2.05, 4.69) is 0 Å². The lowest BCUT2D eigenvalue weighted by Gasteiger charge is -2.13. The maximum atomic E-state index is 12.0. The zero-order valence-electron chi connectivity index (χ0n) is 10.2. The van der Waals surface area contributed by atoms with E-state index in [1.54, 1.807) is 0 Å². The van der Waals surface area contributed by atoms with E-state index < -0.39 is 31.9 Å². The summed E-state index contributed by atoms with van der Waals surface area (Å²) in [5, 5.41) is 19.0. The Hall–Kier alpha value is -1.71. The summed E-state index contributed by atoms with van der Waals surface area (Å²) in [4.78, 5) is 20.2. The van der Waals surface area contributed by atoms with Gasteiger partial charge in [0.05, 0.1) is 9.95 Å². The first-order valence-electron chi connectivity index (χ1n) is 5.38. The van der Waals surface area contributed by atoms with Gasteiger partial charge in [-0.25, -0.2) is 8.42 Å². The second-order valence-electron chi connectivity index (χ2n) is 3.79. The van der Waals surface area contributed by atoms with Crippen molar-refractivity contribution >= 4 is 33.3 Å². The average Bonchev–Trinajstić information content (AvgIpc) is 2.35. The number of carbonyl (C=O) groups is 1. The SMILES string of the molecule is CCC(NS(=O)(=O)c1ccc([N+](=O)[O-])cc1Cl)C(=O)O. The molecule has 0 aliphatic rings. The van der Waals surface area contributed by atoms with Crippen molar-refractivity contribution in [2.24, 2.45) is 0 Å². The lowest BCUT2D eigenvalue weighted by Crippen LogP contribution is -2.40. The molecule has 8 nitrogen and oxygen atoms in total. The van der Waals surface area contributed by atoms with Gasteiger partial charge in [-0.2, -0.15) is 4.72 Å². The summed E-state index contributed by atoms with van der Waals surface area (Å²) in [6.07, 6.45) is 0.0408. The Balaban J connectivity index is 3.16. The van der Waals surface area contributed by atoms with E-state index in [1.165, 1.54) is 6.92 Å². The molecule has 110 valence electrons. The molecule has 10 heteroatoms. The highest BCUT2D eigenvalue weighted by Crippen LogP contribution is 2.26. The summed E-state index contributed by atoms with van der Waals surface area (Å²) < 4.78 is 25.9. The van der Waals surface area contributed by atoms with Crippen LogP contribution in [0.4, 0.5) is 5.69 Å². The maximum absolute atomic E-state index is 12.0. The van der Waals surface area contributed by atoms with Crippen LogP contribution < -0.4 is 4.72 Å². The molecule has 0 saturated heterocycles. The molecule has 1 rings (SSSR count). The molecular weight excluding hydrogens is 312 g/mol. The van der Waals surface area contributed by atoms with Crippen LogP contribution in [0, 0.1) is 10.1 Å². The van der Waals surface area contributed by atoms with Crippen LogP contribution in [-0.2, 0) is 14.8 Å². The van der Waals surface area contributed by atoms with Crippen LogP contribution in [0.5, 0.6) is 0 Å².